The monoisotopic (exact) mass is 322 g/mol. The molecule has 2 nitrogen and oxygen atoms in total. The third-order valence-corrected chi connectivity index (χ3v) is 4.68. The highest BCUT2D eigenvalue weighted by Crippen LogP contribution is 2.33. The van der Waals surface area contributed by atoms with E-state index in [0.717, 1.165) is 18.1 Å². The van der Waals surface area contributed by atoms with Crippen LogP contribution in [0.4, 0.5) is 5.69 Å². The maximum Gasteiger partial charge on any atom is 0.166 e. The topological polar surface area (TPSA) is 24.4 Å². The van der Waals surface area contributed by atoms with Gasteiger partial charge >= 0.3 is 0 Å². The van der Waals surface area contributed by atoms with Crippen molar-refractivity contribution in [2.75, 3.05) is 11.9 Å². The maximum absolute atomic E-state index is 6.18. The van der Waals surface area contributed by atoms with E-state index in [9.17, 15) is 0 Å². The molecule has 2 aromatic rings. The molecular weight excluding hydrogens is 311 g/mol. The van der Waals surface area contributed by atoms with Gasteiger partial charge in [-0.1, -0.05) is 59.2 Å². The molecule has 0 saturated heterocycles. The van der Waals surface area contributed by atoms with Crippen molar-refractivity contribution in [1.82, 2.24) is 0 Å². The number of rotatable bonds is 1. The van der Waals surface area contributed by atoms with Crippen molar-refractivity contribution in [1.29, 1.82) is 0 Å². The second-order valence-corrected chi connectivity index (χ2v) is 6.21. The van der Waals surface area contributed by atoms with Gasteiger partial charge in [0.15, 0.2) is 5.17 Å². The van der Waals surface area contributed by atoms with Crippen LogP contribution in [0.1, 0.15) is 5.56 Å². The normalized spacial score (nSPS) is 14.2. The summed E-state index contributed by atoms with van der Waals surface area (Å²) in [6.45, 7) is 0.758. The second kappa shape index (κ2) is 6.08. The van der Waals surface area contributed by atoms with E-state index in [-0.39, 0.29) is 0 Å². The average molecular weight is 323 g/mol. The summed E-state index contributed by atoms with van der Waals surface area (Å²) >= 11 is 14.0. The van der Waals surface area contributed by atoms with Crippen molar-refractivity contribution in [3.8, 4) is 0 Å². The standard InChI is InChI=1S/C15H12Cl2N2S/c16-11-5-3-6-12(17)14(11)19-15-18-9-8-10-4-1-2-7-13(10)20-15/h1-7H,8-9H2,(H,18,19). The number of benzene rings is 2. The van der Waals surface area contributed by atoms with Crippen molar-refractivity contribution >= 4 is 45.8 Å². The number of hydrogen-bond donors (Lipinski definition) is 1. The fourth-order valence-corrected chi connectivity index (χ4v) is 3.47. The number of nitrogens with one attached hydrogen (secondary N) is 1. The minimum atomic E-state index is 0.596. The lowest BCUT2D eigenvalue weighted by Gasteiger charge is -2.11. The number of halogens is 2. The zero-order valence-electron chi connectivity index (χ0n) is 10.6. The van der Waals surface area contributed by atoms with E-state index < -0.39 is 0 Å². The lowest BCUT2D eigenvalue weighted by atomic mass is 10.1. The number of aliphatic imine (C=N–C) groups is 1. The molecule has 0 atom stereocenters. The Hall–Kier alpha value is -1.16. The molecule has 2 aromatic carbocycles. The van der Waals surface area contributed by atoms with Crippen LogP contribution in [0.3, 0.4) is 0 Å². The summed E-state index contributed by atoms with van der Waals surface area (Å²) in [5, 5.41) is 5.26. The van der Waals surface area contributed by atoms with Crippen LogP contribution in [0.5, 0.6) is 0 Å². The van der Waals surface area contributed by atoms with Crippen LogP contribution in [0.2, 0.25) is 10.0 Å². The van der Waals surface area contributed by atoms with Gasteiger partial charge in [0.25, 0.3) is 0 Å². The Morgan fingerprint density at radius 1 is 1.00 bits per heavy atom. The number of amidine groups is 1. The molecule has 0 aromatic heterocycles. The van der Waals surface area contributed by atoms with Gasteiger partial charge in [0, 0.05) is 11.4 Å². The first kappa shape index (κ1) is 13.8. The first-order chi connectivity index (χ1) is 9.74. The van der Waals surface area contributed by atoms with Gasteiger partial charge in [0.05, 0.1) is 15.7 Å². The van der Waals surface area contributed by atoms with E-state index >= 15 is 0 Å². The Labute approximate surface area is 132 Å². The van der Waals surface area contributed by atoms with Crippen LogP contribution in [0.15, 0.2) is 52.4 Å². The van der Waals surface area contributed by atoms with Gasteiger partial charge < -0.3 is 5.32 Å². The Balaban J connectivity index is 1.87. The molecule has 0 fully saturated rings. The smallest absolute Gasteiger partial charge is 0.166 e. The summed E-state index contributed by atoms with van der Waals surface area (Å²) < 4.78 is 0. The number of hydrogen-bond acceptors (Lipinski definition) is 3. The van der Waals surface area contributed by atoms with E-state index in [0.29, 0.717) is 15.7 Å². The van der Waals surface area contributed by atoms with Crippen molar-refractivity contribution in [2.45, 2.75) is 11.3 Å². The first-order valence-corrected chi connectivity index (χ1v) is 7.82. The molecular formula is C15H12Cl2N2S. The number of para-hydroxylation sites is 1. The molecule has 5 heteroatoms. The van der Waals surface area contributed by atoms with E-state index in [1.165, 1.54) is 10.5 Å². The SMILES string of the molecule is Clc1cccc(Cl)c1NC1=NCCc2ccccc2S1. The van der Waals surface area contributed by atoms with Crippen LogP contribution < -0.4 is 5.32 Å². The molecule has 3 rings (SSSR count). The van der Waals surface area contributed by atoms with Gasteiger partial charge in [-0.25, -0.2) is 0 Å². The fourth-order valence-electron chi connectivity index (χ4n) is 2.01. The summed E-state index contributed by atoms with van der Waals surface area (Å²) in [5.41, 5.74) is 2.03. The average Bonchev–Trinajstić information content (AvgIpc) is 2.64. The summed E-state index contributed by atoms with van der Waals surface area (Å²) in [6.07, 6.45) is 0.949. The van der Waals surface area contributed by atoms with Gasteiger partial charge in [-0.15, -0.1) is 0 Å². The summed E-state index contributed by atoms with van der Waals surface area (Å²) in [5.74, 6) is 0. The number of nitrogens with zero attached hydrogens (tertiary/aromatic N) is 1. The number of anilines is 1. The molecule has 0 saturated carbocycles. The Bertz CT molecular complexity index is 650. The third kappa shape index (κ3) is 2.95. The first-order valence-electron chi connectivity index (χ1n) is 6.25. The molecule has 0 unspecified atom stereocenters. The number of thioether (sulfide) groups is 1. The van der Waals surface area contributed by atoms with E-state index in [1.807, 2.05) is 24.3 Å². The molecule has 0 bridgehead atoms. The zero-order valence-corrected chi connectivity index (χ0v) is 12.9. The fraction of sp³-hybridized carbons (Fsp3) is 0.133. The van der Waals surface area contributed by atoms with Crippen molar-refractivity contribution < 1.29 is 0 Å². The van der Waals surface area contributed by atoms with Crippen LogP contribution in [-0.2, 0) is 6.42 Å². The van der Waals surface area contributed by atoms with Crippen molar-refractivity contribution in [3.05, 3.63) is 58.1 Å². The molecule has 102 valence electrons. The van der Waals surface area contributed by atoms with Crippen molar-refractivity contribution in [2.24, 2.45) is 4.99 Å². The highest BCUT2D eigenvalue weighted by Gasteiger charge is 2.14. The summed E-state index contributed by atoms with van der Waals surface area (Å²) in [4.78, 5) is 5.79. The minimum absolute atomic E-state index is 0.596. The predicted octanol–water partition coefficient (Wildman–Crippen LogP) is 5.11. The van der Waals surface area contributed by atoms with Crippen LogP contribution in [0, 0.1) is 0 Å². The third-order valence-electron chi connectivity index (χ3n) is 3.01. The molecule has 1 aliphatic rings. The molecule has 1 heterocycles. The highest BCUT2D eigenvalue weighted by molar-refractivity contribution is 8.14. The maximum atomic E-state index is 6.18. The Kier molecular flexibility index (Phi) is 4.20. The van der Waals surface area contributed by atoms with Crippen LogP contribution in [-0.4, -0.2) is 11.7 Å². The number of fused-ring (bicyclic) bond motifs is 1. The summed E-state index contributed by atoms with van der Waals surface area (Å²) in [6, 6.07) is 13.8. The Morgan fingerprint density at radius 3 is 2.55 bits per heavy atom. The van der Waals surface area contributed by atoms with Gasteiger partial charge in [0.1, 0.15) is 0 Å². The second-order valence-electron chi connectivity index (χ2n) is 4.37. The van der Waals surface area contributed by atoms with E-state index in [2.05, 4.69) is 28.5 Å². The molecule has 0 amide bonds. The van der Waals surface area contributed by atoms with Gasteiger partial charge in [-0.2, -0.15) is 0 Å². The van der Waals surface area contributed by atoms with Gasteiger partial charge in [0.2, 0.25) is 0 Å². The predicted molar refractivity (Wildman–Crippen MR) is 88.4 cm³/mol. The van der Waals surface area contributed by atoms with E-state index in [1.54, 1.807) is 11.8 Å². The highest BCUT2D eigenvalue weighted by atomic mass is 35.5. The molecule has 0 aliphatic carbocycles. The Morgan fingerprint density at radius 2 is 1.75 bits per heavy atom. The molecule has 1 aliphatic heterocycles. The molecule has 0 radical (unpaired) electrons. The lowest BCUT2D eigenvalue weighted by molar-refractivity contribution is 0.954. The minimum Gasteiger partial charge on any atom is -0.332 e. The quantitative estimate of drug-likeness (QED) is 0.788. The lowest BCUT2D eigenvalue weighted by Crippen LogP contribution is -2.08. The van der Waals surface area contributed by atoms with Crippen molar-refractivity contribution in [3.63, 3.8) is 0 Å². The van der Waals surface area contributed by atoms with Gasteiger partial charge in [-0.3, -0.25) is 4.99 Å². The molecule has 1 N–H and O–H groups in total. The summed E-state index contributed by atoms with van der Waals surface area (Å²) in [7, 11) is 0. The van der Waals surface area contributed by atoms with Gasteiger partial charge in [-0.05, 0) is 30.2 Å². The zero-order chi connectivity index (χ0) is 13.9. The van der Waals surface area contributed by atoms with E-state index in [4.69, 9.17) is 23.2 Å². The largest absolute Gasteiger partial charge is 0.332 e. The molecule has 20 heavy (non-hydrogen) atoms. The van der Waals surface area contributed by atoms with Crippen LogP contribution in [0.25, 0.3) is 0 Å². The van der Waals surface area contributed by atoms with Crippen LogP contribution >= 0.6 is 35.0 Å². The molecule has 0 spiro atoms.